The van der Waals surface area contributed by atoms with Crippen molar-refractivity contribution in [3.63, 3.8) is 0 Å². The number of halogens is 2. The maximum absolute atomic E-state index is 13.3. The van der Waals surface area contributed by atoms with Crippen LogP contribution < -0.4 is 15.4 Å². The maximum Gasteiger partial charge on any atom is 0.263 e. The topological polar surface area (TPSA) is 67.4 Å². The molecule has 0 bridgehead atoms. The van der Waals surface area contributed by atoms with Crippen molar-refractivity contribution in [2.45, 2.75) is 6.61 Å². The van der Waals surface area contributed by atoms with Crippen molar-refractivity contribution in [2.75, 3.05) is 0 Å². The average Bonchev–Trinajstić information content (AvgIpc) is 2.57. The van der Waals surface area contributed by atoms with E-state index in [0.29, 0.717) is 16.9 Å². The Balaban J connectivity index is 1.88. The van der Waals surface area contributed by atoms with E-state index in [-0.39, 0.29) is 23.1 Å². The molecule has 8 heteroatoms. The zero-order valence-corrected chi connectivity index (χ0v) is 15.6. The van der Waals surface area contributed by atoms with Gasteiger partial charge < -0.3 is 4.74 Å². The van der Waals surface area contributed by atoms with E-state index in [1.807, 2.05) is 0 Å². The van der Waals surface area contributed by atoms with Gasteiger partial charge in [-0.1, -0.05) is 28.1 Å². The lowest BCUT2D eigenvalue weighted by Crippen LogP contribution is -2.51. The van der Waals surface area contributed by atoms with Crippen LogP contribution in [-0.4, -0.2) is 16.9 Å². The van der Waals surface area contributed by atoms with Gasteiger partial charge in [0.15, 0.2) is 5.11 Å². The zero-order chi connectivity index (χ0) is 18.7. The second kappa shape index (κ2) is 7.76. The summed E-state index contributed by atoms with van der Waals surface area (Å²) < 4.78 is 19.8. The Morgan fingerprint density at radius 1 is 1.12 bits per heavy atom. The highest BCUT2D eigenvalue weighted by Crippen LogP contribution is 2.27. The van der Waals surface area contributed by atoms with Crippen molar-refractivity contribution in [1.82, 2.24) is 10.6 Å². The van der Waals surface area contributed by atoms with Gasteiger partial charge in [0.05, 0.1) is 0 Å². The Morgan fingerprint density at radius 3 is 2.54 bits per heavy atom. The highest BCUT2D eigenvalue weighted by molar-refractivity contribution is 9.10. The summed E-state index contributed by atoms with van der Waals surface area (Å²) in [6, 6.07) is 11.2. The first kappa shape index (κ1) is 18.2. The Bertz CT molecular complexity index is 924. The van der Waals surface area contributed by atoms with Crippen LogP contribution in [0.15, 0.2) is 52.5 Å². The number of thiocarbonyl (C=S) groups is 1. The molecule has 0 spiro atoms. The molecule has 1 saturated heterocycles. The normalized spacial score (nSPS) is 13.9. The van der Waals surface area contributed by atoms with E-state index in [1.165, 1.54) is 18.2 Å². The molecular weight excluding hydrogens is 423 g/mol. The van der Waals surface area contributed by atoms with Gasteiger partial charge in [-0.15, -0.1) is 0 Å². The highest BCUT2D eigenvalue weighted by Gasteiger charge is 2.26. The standard InChI is InChI=1S/C18H12BrFN2O3S/c19-12-4-5-15(25-9-10-2-1-3-13(20)6-10)11(7-12)8-14-16(23)21-18(26)22-17(14)24/h1-8H,9H2,(H2,21,22,23,24,26). The van der Waals surface area contributed by atoms with Gasteiger partial charge in [0.1, 0.15) is 23.7 Å². The third-order valence-corrected chi connectivity index (χ3v) is 4.20. The number of benzene rings is 2. The second-order valence-corrected chi connectivity index (χ2v) is 6.72. The number of carbonyl (C=O) groups excluding carboxylic acids is 2. The van der Waals surface area contributed by atoms with E-state index in [0.717, 1.165) is 4.47 Å². The highest BCUT2D eigenvalue weighted by atomic mass is 79.9. The molecule has 2 N–H and O–H groups in total. The predicted octanol–water partition coefficient (Wildman–Crippen LogP) is 3.08. The lowest BCUT2D eigenvalue weighted by atomic mass is 10.1. The number of amides is 2. The zero-order valence-electron chi connectivity index (χ0n) is 13.2. The van der Waals surface area contributed by atoms with Crippen LogP contribution in [0.3, 0.4) is 0 Å². The van der Waals surface area contributed by atoms with Crippen LogP contribution in [-0.2, 0) is 16.2 Å². The monoisotopic (exact) mass is 434 g/mol. The molecule has 1 heterocycles. The minimum atomic E-state index is -0.588. The van der Waals surface area contributed by atoms with Gasteiger partial charge in [-0.2, -0.15) is 0 Å². The Kier molecular flexibility index (Phi) is 5.43. The van der Waals surface area contributed by atoms with Crippen molar-refractivity contribution in [1.29, 1.82) is 0 Å². The molecule has 2 aromatic carbocycles. The fourth-order valence-electron chi connectivity index (χ4n) is 2.31. The number of hydrogen-bond donors (Lipinski definition) is 2. The molecule has 0 aliphatic carbocycles. The number of ether oxygens (including phenoxy) is 1. The smallest absolute Gasteiger partial charge is 0.263 e. The van der Waals surface area contributed by atoms with E-state index in [4.69, 9.17) is 17.0 Å². The largest absolute Gasteiger partial charge is 0.488 e. The van der Waals surface area contributed by atoms with Crippen LogP contribution in [0.1, 0.15) is 11.1 Å². The van der Waals surface area contributed by atoms with Crippen molar-refractivity contribution in [2.24, 2.45) is 0 Å². The quantitative estimate of drug-likeness (QED) is 0.440. The molecule has 5 nitrogen and oxygen atoms in total. The summed E-state index contributed by atoms with van der Waals surface area (Å²) >= 11 is 8.13. The predicted molar refractivity (Wildman–Crippen MR) is 102 cm³/mol. The van der Waals surface area contributed by atoms with Gasteiger partial charge in [-0.05, 0) is 54.2 Å². The first-order chi connectivity index (χ1) is 12.4. The van der Waals surface area contributed by atoms with Crippen LogP contribution in [0.5, 0.6) is 5.75 Å². The van der Waals surface area contributed by atoms with E-state index in [9.17, 15) is 14.0 Å². The van der Waals surface area contributed by atoms with Crippen LogP contribution in [0, 0.1) is 5.82 Å². The summed E-state index contributed by atoms with van der Waals surface area (Å²) in [5.41, 5.74) is 1.08. The first-order valence-corrected chi connectivity index (χ1v) is 8.67. The third kappa shape index (κ3) is 4.33. The summed E-state index contributed by atoms with van der Waals surface area (Å²) in [5.74, 6) is -1.08. The van der Waals surface area contributed by atoms with Crippen LogP contribution in [0.25, 0.3) is 6.08 Å². The first-order valence-electron chi connectivity index (χ1n) is 7.47. The molecular formula is C18H12BrFN2O3S. The van der Waals surface area contributed by atoms with Crippen molar-refractivity contribution >= 4 is 51.2 Å². The molecule has 0 saturated carbocycles. The number of nitrogens with one attached hydrogen (secondary N) is 2. The second-order valence-electron chi connectivity index (χ2n) is 5.40. The van der Waals surface area contributed by atoms with Gasteiger partial charge >= 0.3 is 0 Å². The third-order valence-electron chi connectivity index (χ3n) is 3.50. The minimum Gasteiger partial charge on any atom is -0.488 e. The van der Waals surface area contributed by atoms with Crippen LogP contribution >= 0.6 is 28.1 Å². The molecule has 0 aromatic heterocycles. The van der Waals surface area contributed by atoms with Gasteiger partial charge in [0, 0.05) is 10.0 Å². The molecule has 2 amide bonds. The Labute approximate surface area is 162 Å². The molecule has 3 rings (SSSR count). The van der Waals surface area contributed by atoms with Gasteiger partial charge in [-0.3, -0.25) is 20.2 Å². The average molecular weight is 435 g/mol. The Hall–Kier alpha value is -2.58. The van der Waals surface area contributed by atoms with Crippen LogP contribution in [0.2, 0.25) is 0 Å². The molecule has 0 radical (unpaired) electrons. The molecule has 2 aromatic rings. The molecule has 1 fully saturated rings. The van der Waals surface area contributed by atoms with Gasteiger partial charge in [0.2, 0.25) is 0 Å². The summed E-state index contributed by atoms with van der Waals surface area (Å²) in [4.78, 5) is 24.0. The van der Waals surface area contributed by atoms with Crippen molar-refractivity contribution < 1.29 is 18.7 Å². The summed E-state index contributed by atoms with van der Waals surface area (Å²) in [6.07, 6.45) is 1.41. The van der Waals surface area contributed by atoms with Gasteiger partial charge in [-0.25, -0.2) is 4.39 Å². The van der Waals surface area contributed by atoms with Crippen LogP contribution in [0.4, 0.5) is 4.39 Å². The minimum absolute atomic E-state index is 0.0334. The number of hydrogen-bond acceptors (Lipinski definition) is 4. The SMILES string of the molecule is O=C1NC(=S)NC(=O)C1=Cc1cc(Br)ccc1OCc1cccc(F)c1. The number of carbonyl (C=O) groups is 2. The summed E-state index contributed by atoms with van der Waals surface area (Å²) in [5, 5.41) is 4.72. The fourth-order valence-corrected chi connectivity index (χ4v) is 2.88. The van der Waals surface area contributed by atoms with E-state index >= 15 is 0 Å². The molecule has 0 unspecified atom stereocenters. The molecule has 26 heavy (non-hydrogen) atoms. The summed E-state index contributed by atoms with van der Waals surface area (Å²) in [7, 11) is 0. The van der Waals surface area contributed by atoms with Crippen molar-refractivity contribution in [3.8, 4) is 5.75 Å². The van der Waals surface area contributed by atoms with Crippen molar-refractivity contribution in [3.05, 3.63) is 69.5 Å². The van der Waals surface area contributed by atoms with E-state index < -0.39 is 11.8 Å². The maximum atomic E-state index is 13.3. The van der Waals surface area contributed by atoms with E-state index in [1.54, 1.807) is 30.3 Å². The molecule has 0 atom stereocenters. The molecule has 1 aliphatic heterocycles. The number of rotatable bonds is 4. The molecule has 132 valence electrons. The summed E-state index contributed by atoms with van der Waals surface area (Å²) in [6.45, 7) is 0.137. The Morgan fingerprint density at radius 2 is 1.85 bits per heavy atom. The lowest BCUT2D eigenvalue weighted by Gasteiger charge is -2.17. The lowest BCUT2D eigenvalue weighted by molar-refractivity contribution is -0.123. The van der Waals surface area contributed by atoms with Gasteiger partial charge in [0.25, 0.3) is 11.8 Å². The van der Waals surface area contributed by atoms with E-state index in [2.05, 4.69) is 26.6 Å². The molecule has 1 aliphatic rings. The fraction of sp³-hybridized carbons (Fsp3) is 0.0556.